The molecule has 2 amide bonds. The average molecular weight is 602 g/mol. The Morgan fingerprint density at radius 3 is 1.23 bits per heavy atom. The molecule has 0 saturated carbocycles. The van der Waals surface area contributed by atoms with Crippen molar-refractivity contribution in [3.63, 3.8) is 0 Å². The van der Waals surface area contributed by atoms with Crippen molar-refractivity contribution in [3.8, 4) is 0 Å². The molecule has 9 heteroatoms. The molecule has 2 aliphatic heterocycles. The maximum Gasteiger partial charge on any atom is 0.410 e. The summed E-state index contributed by atoms with van der Waals surface area (Å²) in [6.07, 6.45) is 22.0. The molecule has 39 heavy (non-hydrogen) atoms. The highest BCUT2D eigenvalue weighted by Crippen LogP contribution is 2.21. The molecule has 2 unspecified atom stereocenters. The number of halogens is 2. The van der Waals surface area contributed by atoms with Crippen LogP contribution in [0.15, 0.2) is 0 Å². The summed E-state index contributed by atoms with van der Waals surface area (Å²) in [6.45, 7) is 11.6. The highest BCUT2D eigenvalue weighted by atomic mass is 35.5. The maximum atomic E-state index is 11.7. The standard InChI is InChI=1S/2C15H29NO2.2ClH.H2O/c2*1-3-5-6-7-8-9-10-14-11-13-18-15(17)16(14)12-4-2;;;/h2*14H,3-13H2,1-2H3;2*1H;1H2. The predicted octanol–water partition coefficient (Wildman–Crippen LogP) is 8.73. The minimum Gasteiger partial charge on any atom is -0.449 e. The van der Waals surface area contributed by atoms with Crippen LogP contribution in [0.2, 0.25) is 0 Å². The molecule has 2 aliphatic rings. The zero-order valence-corrected chi connectivity index (χ0v) is 27.2. The number of unbranched alkanes of at least 4 members (excludes halogenated alkanes) is 10. The number of carbonyl (C=O) groups is 2. The molecule has 0 aromatic heterocycles. The third-order valence-electron chi connectivity index (χ3n) is 7.41. The van der Waals surface area contributed by atoms with Gasteiger partial charge in [-0.05, 0) is 25.7 Å². The Bertz CT molecular complexity index is 523. The molecule has 2 atom stereocenters. The maximum absolute atomic E-state index is 11.7. The van der Waals surface area contributed by atoms with E-state index in [1.807, 2.05) is 9.80 Å². The monoisotopic (exact) mass is 600 g/mol. The van der Waals surface area contributed by atoms with Crippen LogP contribution in [-0.2, 0) is 9.47 Å². The Labute approximate surface area is 252 Å². The molecule has 236 valence electrons. The van der Waals surface area contributed by atoms with Crippen LogP contribution in [-0.4, -0.2) is 65.8 Å². The van der Waals surface area contributed by atoms with Crippen molar-refractivity contribution in [2.24, 2.45) is 0 Å². The van der Waals surface area contributed by atoms with Crippen LogP contribution >= 0.6 is 24.8 Å². The minimum atomic E-state index is -0.0981. The van der Waals surface area contributed by atoms with Crippen LogP contribution in [0.1, 0.15) is 143 Å². The molecule has 2 N–H and O–H groups in total. The third kappa shape index (κ3) is 18.9. The molecule has 0 spiro atoms. The second-order valence-corrected chi connectivity index (χ2v) is 10.6. The van der Waals surface area contributed by atoms with E-state index < -0.39 is 0 Å². The van der Waals surface area contributed by atoms with Crippen LogP contribution in [0.5, 0.6) is 0 Å². The molecular formula is C30H62Cl2N2O5. The Kier molecular flexibility index (Phi) is 31.2. The number of cyclic esters (lactones) is 2. The number of amides is 2. The van der Waals surface area contributed by atoms with Crippen molar-refractivity contribution in [3.05, 3.63) is 0 Å². The second-order valence-electron chi connectivity index (χ2n) is 10.6. The number of nitrogens with zero attached hydrogens (tertiary/aromatic N) is 2. The number of carbonyl (C=O) groups excluding carboxylic acids is 2. The van der Waals surface area contributed by atoms with Crippen molar-refractivity contribution >= 4 is 37.0 Å². The molecule has 0 aliphatic carbocycles. The summed E-state index contributed by atoms with van der Waals surface area (Å²) < 4.78 is 10.2. The van der Waals surface area contributed by atoms with Gasteiger partial charge >= 0.3 is 12.2 Å². The first-order valence-corrected chi connectivity index (χ1v) is 15.5. The van der Waals surface area contributed by atoms with Gasteiger partial charge in [0.25, 0.3) is 0 Å². The van der Waals surface area contributed by atoms with E-state index in [0.717, 1.165) is 51.6 Å². The normalized spacial score (nSPS) is 18.5. The van der Waals surface area contributed by atoms with Gasteiger partial charge in [-0.3, -0.25) is 0 Å². The lowest BCUT2D eigenvalue weighted by atomic mass is 10.0. The summed E-state index contributed by atoms with van der Waals surface area (Å²) in [5.74, 6) is 0. The lowest BCUT2D eigenvalue weighted by Gasteiger charge is -2.34. The first kappa shape index (κ1) is 42.5. The van der Waals surface area contributed by atoms with Crippen molar-refractivity contribution in [1.82, 2.24) is 9.80 Å². The largest absolute Gasteiger partial charge is 0.449 e. The Morgan fingerprint density at radius 1 is 0.564 bits per heavy atom. The van der Waals surface area contributed by atoms with Crippen molar-refractivity contribution in [2.75, 3.05) is 26.3 Å². The van der Waals surface area contributed by atoms with Crippen LogP contribution < -0.4 is 0 Å². The SMILES string of the molecule is CCCCCCCCC1CCOC(=O)N1CCC.CCCCCCCCC1CCOC(=O)N1CCC.Cl.Cl.O. The quantitative estimate of drug-likeness (QED) is 0.147. The van der Waals surface area contributed by atoms with E-state index in [-0.39, 0.29) is 42.5 Å². The van der Waals surface area contributed by atoms with Gasteiger partial charge in [0, 0.05) is 38.0 Å². The summed E-state index contributed by atoms with van der Waals surface area (Å²) in [5.41, 5.74) is 0. The lowest BCUT2D eigenvalue weighted by Crippen LogP contribution is -2.45. The fourth-order valence-corrected chi connectivity index (χ4v) is 5.29. The molecule has 2 heterocycles. The molecule has 0 radical (unpaired) electrons. The summed E-state index contributed by atoms with van der Waals surface area (Å²) in [6, 6.07) is 0.856. The Morgan fingerprint density at radius 2 is 0.897 bits per heavy atom. The van der Waals surface area contributed by atoms with E-state index in [2.05, 4.69) is 27.7 Å². The summed E-state index contributed by atoms with van der Waals surface area (Å²) in [5, 5.41) is 0. The Hall–Kier alpha value is -0.920. The first-order chi connectivity index (χ1) is 17.6. The average Bonchev–Trinajstić information content (AvgIpc) is 2.87. The highest BCUT2D eigenvalue weighted by Gasteiger charge is 2.29. The van der Waals surface area contributed by atoms with Crippen LogP contribution in [0.3, 0.4) is 0 Å². The highest BCUT2D eigenvalue weighted by molar-refractivity contribution is 5.85. The summed E-state index contributed by atoms with van der Waals surface area (Å²) in [4.78, 5) is 27.2. The molecule has 0 bridgehead atoms. The van der Waals surface area contributed by atoms with Gasteiger partial charge in [0.1, 0.15) is 0 Å². The molecule has 0 aromatic carbocycles. The predicted molar refractivity (Wildman–Crippen MR) is 168 cm³/mol. The van der Waals surface area contributed by atoms with Crippen LogP contribution in [0.25, 0.3) is 0 Å². The topological polar surface area (TPSA) is 90.6 Å². The van der Waals surface area contributed by atoms with Gasteiger partial charge in [-0.2, -0.15) is 0 Å². The number of hydrogen-bond acceptors (Lipinski definition) is 4. The van der Waals surface area contributed by atoms with E-state index in [4.69, 9.17) is 9.47 Å². The van der Waals surface area contributed by atoms with Gasteiger partial charge < -0.3 is 24.7 Å². The first-order valence-electron chi connectivity index (χ1n) is 15.5. The summed E-state index contributed by atoms with van der Waals surface area (Å²) >= 11 is 0. The summed E-state index contributed by atoms with van der Waals surface area (Å²) in [7, 11) is 0. The van der Waals surface area contributed by atoms with Gasteiger partial charge in [-0.25, -0.2) is 9.59 Å². The van der Waals surface area contributed by atoms with Gasteiger partial charge in [0.05, 0.1) is 13.2 Å². The van der Waals surface area contributed by atoms with Gasteiger partial charge in [-0.1, -0.05) is 105 Å². The fraction of sp³-hybridized carbons (Fsp3) is 0.933. The Balaban J connectivity index is -0.000000617. The zero-order chi connectivity index (χ0) is 26.4. The van der Waals surface area contributed by atoms with E-state index in [1.165, 1.54) is 77.0 Å². The number of hydrogen-bond donors (Lipinski definition) is 0. The molecular weight excluding hydrogens is 539 g/mol. The number of ether oxygens (including phenoxy) is 2. The smallest absolute Gasteiger partial charge is 0.410 e. The van der Waals surface area contributed by atoms with Gasteiger partial charge in [-0.15, -0.1) is 24.8 Å². The van der Waals surface area contributed by atoms with Crippen molar-refractivity contribution < 1.29 is 24.5 Å². The molecule has 2 saturated heterocycles. The molecule has 7 nitrogen and oxygen atoms in total. The van der Waals surface area contributed by atoms with Crippen LogP contribution in [0.4, 0.5) is 9.59 Å². The van der Waals surface area contributed by atoms with E-state index in [0.29, 0.717) is 25.3 Å². The molecule has 0 aromatic rings. The van der Waals surface area contributed by atoms with Crippen molar-refractivity contribution in [2.45, 2.75) is 155 Å². The number of rotatable bonds is 18. The minimum absolute atomic E-state index is 0. The molecule has 2 rings (SSSR count). The van der Waals surface area contributed by atoms with E-state index in [9.17, 15) is 9.59 Å². The van der Waals surface area contributed by atoms with Gasteiger partial charge in [0.15, 0.2) is 0 Å². The zero-order valence-electron chi connectivity index (χ0n) is 25.6. The lowest BCUT2D eigenvalue weighted by molar-refractivity contribution is 0.0404. The fourth-order valence-electron chi connectivity index (χ4n) is 5.29. The van der Waals surface area contributed by atoms with Gasteiger partial charge in [0.2, 0.25) is 0 Å². The van der Waals surface area contributed by atoms with Crippen LogP contribution in [0, 0.1) is 0 Å². The van der Waals surface area contributed by atoms with E-state index in [1.54, 1.807) is 0 Å². The molecule has 2 fully saturated rings. The van der Waals surface area contributed by atoms with Crippen molar-refractivity contribution in [1.29, 1.82) is 0 Å². The van der Waals surface area contributed by atoms with E-state index >= 15 is 0 Å². The second kappa shape index (κ2) is 28.6. The third-order valence-corrected chi connectivity index (χ3v) is 7.41.